The fourth-order valence-corrected chi connectivity index (χ4v) is 2.50. The fraction of sp³-hybridized carbons (Fsp3) is 0.400. The Balaban J connectivity index is 0.00000529. The zero-order chi connectivity index (χ0) is 16.9. The van der Waals surface area contributed by atoms with E-state index in [1.165, 1.54) is 10.9 Å². The van der Waals surface area contributed by atoms with E-state index in [1.54, 1.807) is 11.8 Å². The number of rotatable bonds is 11. The van der Waals surface area contributed by atoms with Crippen LogP contribution in [-0.2, 0) is 20.1 Å². The van der Waals surface area contributed by atoms with Crippen LogP contribution < -0.4 is 32.9 Å². The van der Waals surface area contributed by atoms with Gasteiger partial charge in [0.2, 0.25) is 0 Å². The first-order chi connectivity index (χ1) is 11.1. The van der Waals surface area contributed by atoms with Crippen molar-refractivity contribution in [2.45, 2.75) is 5.75 Å². The number of hydrogen-bond acceptors (Lipinski definition) is 4. The normalized spacial score (nSPS) is 9.67. The van der Waals surface area contributed by atoms with Crippen molar-refractivity contribution in [2.24, 2.45) is 0 Å². The van der Waals surface area contributed by atoms with Crippen LogP contribution in [0.15, 0.2) is 30.3 Å². The molecule has 9 heteroatoms. The second kappa shape index (κ2) is 13.8. The molecule has 5 N–H and O–H groups in total. The molecule has 0 aliphatic heterocycles. The van der Waals surface area contributed by atoms with Crippen molar-refractivity contribution in [3.05, 3.63) is 35.9 Å². The maximum atomic E-state index is 11.5. The van der Waals surface area contributed by atoms with Crippen LogP contribution in [0.3, 0.4) is 0 Å². The van der Waals surface area contributed by atoms with Gasteiger partial charge in [-0.15, -0.1) is 0 Å². The largest absolute Gasteiger partial charge is 1.00 e. The Morgan fingerprint density at radius 3 is 2.29 bits per heavy atom. The van der Waals surface area contributed by atoms with Crippen LogP contribution >= 0.6 is 11.8 Å². The van der Waals surface area contributed by atoms with Crippen molar-refractivity contribution in [3.63, 3.8) is 0 Å². The highest BCUT2D eigenvalue weighted by molar-refractivity contribution is 7.98. The summed E-state index contributed by atoms with van der Waals surface area (Å²) in [6.45, 7) is 0.347. The summed E-state index contributed by atoms with van der Waals surface area (Å²) in [5.41, 5.74) is 1.25. The summed E-state index contributed by atoms with van der Waals surface area (Å²) in [5.74, 6) is 0.0887. The first-order valence-corrected chi connectivity index (χ1v) is 8.42. The van der Waals surface area contributed by atoms with Gasteiger partial charge in [0.1, 0.15) is 6.54 Å². The smallest absolute Gasteiger partial charge is 0.322 e. The molecule has 7 nitrogen and oxygen atoms in total. The van der Waals surface area contributed by atoms with E-state index < -0.39 is 18.4 Å². The number of carboxylic acids is 1. The number of quaternary nitrogens is 1. The van der Waals surface area contributed by atoms with Gasteiger partial charge in [-0.1, -0.05) is 30.3 Å². The van der Waals surface area contributed by atoms with Crippen molar-refractivity contribution >= 4 is 29.5 Å². The monoisotopic (exact) mass is 419 g/mol. The predicted octanol–water partition coefficient (Wildman–Crippen LogP) is -4.20. The Hall–Kier alpha value is -1.58. The topological polar surface area (TPSA) is 112 Å². The van der Waals surface area contributed by atoms with Crippen molar-refractivity contribution in [2.75, 3.05) is 31.9 Å². The molecule has 1 rings (SSSR count). The van der Waals surface area contributed by atoms with E-state index >= 15 is 0 Å². The molecule has 0 spiro atoms. The Labute approximate surface area is 155 Å². The molecular formula is C15H22BrN3O4S. The molecule has 0 aliphatic rings. The lowest BCUT2D eigenvalue weighted by Crippen LogP contribution is -3.00. The Morgan fingerprint density at radius 2 is 1.67 bits per heavy atom. The average Bonchev–Trinajstić information content (AvgIpc) is 2.53. The summed E-state index contributed by atoms with van der Waals surface area (Å²) in [6.07, 6.45) is 0. The number of amides is 2. The van der Waals surface area contributed by atoms with Gasteiger partial charge in [0.05, 0.1) is 0 Å². The van der Waals surface area contributed by atoms with Gasteiger partial charge in [-0.2, -0.15) is 11.8 Å². The molecule has 1 aromatic rings. The number of carboxylic acid groups (broad SMARTS) is 1. The molecule has 0 aromatic heterocycles. The maximum Gasteiger partial charge on any atom is 0.322 e. The van der Waals surface area contributed by atoms with Crippen LogP contribution in [0.1, 0.15) is 5.56 Å². The summed E-state index contributed by atoms with van der Waals surface area (Å²) in [7, 11) is 0. The number of thioether (sulfide) groups is 1. The SMILES string of the molecule is O=C(O)CNC(=O)C[NH2+]CC(=O)NCCSCc1ccccc1.[Br-]. The number of aliphatic carboxylic acids is 1. The van der Waals surface area contributed by atoms with Gasteiger partial charge < -0.3 is 38.0 Å². The van der Waals surface area contributed by atoms with Gasteiger partial charge in [-0.05, 0) is 5.56 Å². The highest BCUT2D eigenvalue weighted by atomic mass is 79.9. The quantitative estimate of drug-likeness (QED) is 0.272. The number of hydrogen-bond donors (Lipinski definition) is 4. The summed E-state index contributed by atoms with van der Waals surface area (Å²) >= 11 is 1.74. The minimum Gasteiger partial charge on any atom is -1.00 e. The summed E-state index contributed by atoms with van der Waals surface area (Å²) in [4.78, 5) is 33.0. The van der Waals surface area contributed by atoms with E-state index in [2.05, 4.69) is 22.8 Å². The zero-order valence-corrected chi connectivity index (χ0v) is 15.6. The van der Waals surface area contributed by atoms with Gasteiger partial charge in [0, 0.05) is 18.1 Å². The second-order valence-electron chi connectivity index (χ2n) is 4.76. The van der Waals surface area contributed by atoms with Crippen molar-refractivity contribution in [1.29, 1.82) is 0 Å². The summed E-state index contributed by atoms with van der Waals surface area (Å²) in [6, 6.07) is 10.1. The van der Waals surface area contributed by atoms with Crippen molar-refractivity contribution in [3.8, 4) is 0 Å². The number of nitrogens with one attached hydrogen (secondary N) is 2. The molecule has 0 saturated carbocycles. The third-order valence-corrected chi connectivity index (χ3v) is 3.81. The molecule has 0 saturated heterocycles. The molecule has 134 valence electrons. The third kappa shape index (κ3) is 11.9. The van der Waals surface area contributed by atoms with E-state index in [0.29, 0.717) is 6.54 Å². The first-order valence-electron chi connectivity index (χ1n) is 7.26. The predicted molar refractivity (Wildman–Crippen MR) is 87.9 cm³/mol. The molecule has 0 aliphatic carbocycles. The third-order valence-electron chi connectivity index (χ3n) is 2.78. The molecule has 24 heavy (non-hydrogen) atoms. The van der Waals surface area contributed by atoms with Gasteiger partial charge in [-0.25, -0.2) is 0 Å². The van der Waals surface area contributed by atoms with E-state index in [4.69, 9.17) is 5.11 Å². The molecule has 1 aromatic carbocycles. The summed E-state index contributed by atoms with van der Waals surface area (Å²) < 4.78 is 0. The minimum absolute atomic E-state index is 0. The summed E-state index contributed by atoms with van der Waals surface area (Å²) in [5, 5.41) is 14.9. The van der Waals surface area contributed by atoms with Crippen LogP contribution in [0.5, 0.6) is 0 Å². The van der Waals surface area contributed by atoms with Crippen LogP contribution in [0.2, 0.25) is 0 Å². The molecule has 0 unspecified atom stereocenters. The van der Waals surface area contributed by atoms with Crippen molar-refractivity contribution < 1.29 is 41.8 Å². The van der Waals surface area contributed by atoms with Crippen LogP contribution in [0, 0.1) is 0 Å². The highest BCUT2D eigenvalue weighted by Gasteiger charge is 2.08. The molecule has 0 fully saturated rings. The van der Waals surface area contributed by atoms with E-state index in [1.807, 2.05) is 18.2 Å². The average molecular weight is 420 g/mol. The minimum atomic E-state index is -1.09. The number of carbonyl (C=O) groups is 3. The molecule has 0 atom stereocenters. The Bertz CT molecular complexity index is 517. The van der Waals surface area contributed by atoms with E-state index in [9.17, 15) is 14.4 Å². The maximum absolute atomic E-state index is 11.5. The zero-order valence-electron chi connectivity index (χ0n) is 13.2. The van der Waals surface area contributed by atoms with Crippen LogP contribution in [-0.4, -0.2) is 54.8 Å². The van der Waals surface area contributed by atoms with Gasteiger partial charge in [0.25, 0.3) is 11.8 Å². The lowest BCUT2D eigenvalue weighted by atomic mass is 10.2. The standard InChI is InChI=1S/C15H21N3O4S.BrH/c19-13(8-16-9-14(20)18-10-15(21)22)17-6-7-23-11-12-4-2-1-3-5-12;/h1-5,16H,6-11H2,(H,17,19)(H,18,20)(H,21,22);1H. The van der Waals surface area contributed by atoms with Gasteiger partial charge >= 0.3 is 5.97 Å². The Morgan fingerprint density at radius 1 is 1.04 bits per heavy atom. The second-order valence-corrected chi connectivity index (χ2v) is 5.86. The molecular weight excluding hydrogens is 398 g/mol. The molecule has 2 amide bonds. The Kier molecular flexibility index (Phi) is 12.9. The van der Waals surface area contributed by atoms with Gasteiger partial charge in [-0.3, -0.25) is 14.4 Å². The highest BCUT2D eigenvalue weighted by Crippen LogP contribution is 2.10. The van der Waals surface area contributed by atoms with Crippen LogP contribution in [0.4, 0.5) is 0 Å². The first kappa shape index (κ1) is 22.4. The van der Waals surface area contributed by atoms with Crippen LogP contribution in [0.25, 0.3) is 0 Å². The number of nitrogens with two attached hydrogens (primary N) is 1. The molecule has 0 bridgehead atoms. The van der Waals surface area contributed by atoms with E-state index in [-0.39, 0.29) is 36.0 Å². The molecule has 0 heterocycles. The van der Waals surface area contributed by atoms with E-state index in [0.717, 1.165) is 11.5 Å². The van der Waals surface area contributed by atoms with Gasteiger partial charge in [0.15, 0.2) is 13.1 Å². The molecule has 0 radical (unpaired) electrons. The van der Waals surface area contributed by atoms with Crippen molar-refractivity contribution in [1.82, 2.24) is 10.6 Å². The lowest BCUT2D eigenvalue weighted by Gasteiger charge is -2.05. The number of halogens is 1. The fourth-order valence-electron chi connectivity index (χ4n) is 1.68. The number of benzene rings is 1. The lowest BCUT2D eigenvalue weighted by molar-refractivity contribution is -0.633. The number of carbonyl (C=O) groups excluding carboxylic acids is 2.